The van der Waals surface area contributed by atoms with Crippen molar-refractivity contribution in [3.8, 4) is 29.4 Å². The van der Waals surface area contributed by atoms with Crippen LogP contribution in [0.2, 0.25) is 0 Å². The van der Waals surface area contributed by atoms with E-state index < -0.39 is 28.3 Å². The number of hydrogen-bond donors (Lipinski definition) is 1. The SMILES string of the molecule is O=C(OCc1ccc([N+](=O)[O-])cc1)N1c2ccc(OCCO)cc2[C@@]23OC24CCC[C@H]3C#C/C=C\C#C[C@H]14. The van der Waals surface area contributed by atoms with Gasteiger partial charge in [-0.3, -0.25) is 15.0 Å². The maximum atomic E-state index is 13.7. The van der Waals surface area contributed by atoms with E-state index in [1.165, 1.54) is 12.1 Å². The quantitative estimate of drug-likeness (QED) is 0.271. The van der Waals surface area contributed by atoms with Crippen LogP contribution in [0.5, 0.6) is 5.75 Å². The summed E-state index contributed by atoms with van der Waals surface area (Å²) in [5.41, 5.74) is 0.522. The summed E-state index contributed by atoms with van der Waals surface area (Å²) in [6, 6.07) is 10.7. The van der Waals surface area contributed by atoms with Crippen molar-refractivity contribution in [3.05, 3.63) is 75.9 Å². The number of fused-ring (bicyclic) bond motifs is 1. The van der Waals surface area contributed by atoms with E-state index in [0.717, 1.165) is 18.4 Å². The van der Waals surface area contributed by atoms with Crippen LogP contribution < -0.4 is 9.64 Å². The Morgan fingerprint density at radius 1 is 1.18 bits per heavy atom. The zero-order chi connectivity index (χ0) is 26.3. The van der Waals surface area contributed by atoms with Crippen molar-refractivity contribution >= 4 is 17.5 Å². The number of nitro groups is 1. The van der Waals surface area contributed by atoms with E-state index in [1.54, 1.807) is 41.3 Å². The molecule has 0 aromatic heterocycles. The second kappa shape index (κ2) is 9.21. The van der Waals surface area contributed by atoms with E-state index in [2.05, 4.69) is 23.7 Å². The highest BCUT2D eigenvalue weighted by molar-refractivity contribution is 5.93. The molecule has 1 unspecified atom stereocenters. The normalized spacial score (nSPS) is 28.2. The van der Waals surface area contributed by atoms with E-state index in [-0.39, 0.29) is 31.4 Å². The van der Waals surface area contributed by atoms with Gasteiger partial charge in [-0.25, -0.2) is 4.79 Å². The molecule has 2 aliphatic carbocycles. The van der Waals surface area contributed by atoms with Crippen LogP contribution in [-0.4, -0.2) is 41.0 Å². The fraction of sp³-hybridized carbons (Fsp3) is 0.345. The van der Waals surface area contributed by atoms with Gasteiger partial charge in [0.15, 0.2) is 0 Å². The number of ether oxygens (including phenoxy) is 3. The molecule has 4 atom stereocenters. The summed E-state index contributed by atoms with van der Waals surface area (Å²) >= 11 is 0. The molecule has 9 nitrogen and oxygen atoms in total. The number of allylic oxidation sites excluding steroid dienone is 2. The molecule has 192 valence electrons. The second-order valence-corrected chi connectivity index (χ2v) is 9.58. The largest absolute Gasteiger partial charge is 0.491 e. The van der Waals surface area contributed by atoms with Crippen molar-refractivity contribution in [3.63, 3.8) is 0 Å². The smallest absolute Gasteiger partial charge is 0.415 e. The third-order valence-corrected chi connectivity index (χ3v) is 7.58. The predicted octanol–water partition coefficient (Wildman–Crippen LogP) is 3.83. The molecule has 2 aliphatic heterocycles. The minimum atomic E-state index is -0.738. The maximum Gasteiger partial charge on any atom is 0.415 e. The molecule has 0 spiro atoms. The molecule has 2 aromatic carbocycles. The summed E-state index contributed by atoms with van der Waals surface area (Å²) in [7, 11) is 0. The van der Waals surface area contributed by atoms with Crippen molar-refractivity contribution in [1.29, 1.82) is 0 Å². The summed E-state index contributed by atoms with van der Waals surface area (Å²) in [5, 5.41) is 20.2. The summed E-state index contributed by atoms with van der Waals surface area (Å²) in [6.07, 6.45) is 5.24. The molecule has 1 saturated heterocycles. The molecular formula is C29H24N2O7. The summed E-state index contributed by atoms with van der Waals surface area (Å²) in [4.78, 5) is 25.7. The van der Waals surface area contributed by atoms with Crippen molar-refractivity contribution in [2.45, 2.75) is 43.1 Å². The van der Waals surface area contributed by atoms with Crippen LogP contribution in [0.4, 0.5) is 16.2 Å². The van der Waals surface area contributed by atoms with E-state index in [4.69, 9.17) is 14.2 Å². The molecule has 2 fully saturated rings. The number of benzene rings is 2. The Balaban J connectivity index is 1.40. The van der Waals surface area contributed by atoms with Crippen LogP contribution in [0.15, 0.2) is 54.6 Å². The van der Waals surface area contributed by atoms with Gasteiger partial charge < -0.3 is 19.3 Å². The van der Waals surface area contributed by atoms with Crippen LogP contribution >= 0.6 is 0 Å². The summed E-state index contributed by atoms with van der Waals surface area (Å²) < 4.78 is 18.1. The number of aliphatic hydroxyl groups is 1. The standard InChI is InChI=1S/C29H24N2O7/c32-16-17-36-23-13-14-25-24(18-23)29-21-6-3-1-2-4-8-26(28(29,38-29)15-5-7-21)30(25)27(33)37-19-20-9-11-22(12-10-20)31(34)35/h1-2,9-14,18,21,26,32H,5,7,15-17,19H2/b2-1-/t21-,26+,28?,29-/m1/s1. The van der Waals surface area contributed by atoms with Gasteiger partial charge in [0.2, 0.25) is 0 Å². The Bertz CT molecular complexity index is 1460. The van der Waals surface area contributed by atoms with Gasteiger partial charge in [-0.05, 0) is 67.3 Å². The third-order valence-electron chi connectivity index (χ3n) is 7.58. The zero-order valence-electron chi connectivity index (χ0n) is 20.4. The monoisotopic (exact) mass is 512 g/mol. The average molecular weight is 513 g/mol. The van der Waals surface area contributed by atoms with Crippen LogP contribution in [-0.2, 0) is 21.7 Å². The summed E-state index contributed by atoms with van der Waals surface area (Å²) in [6.45, 7) is -0.0454. The van der Waals surface area contributed by atoms with Crippen molar-refractivity contribution < 1.29 is 29.0 Å². The van der Waals surface area contributed by atoms with E-state index in [9.17, 15) is 20.0 Å². The van der Waals surface area contributed by atoms with Gasteiger partial charge in [0.05, 0.1) is 23.1 Å². The number of aliphatic hydroxyl groups excluding tert-OH is 1. The fourth-order valence-corrected chi connectivity index (χ4v) is 5.97. The zero-order valence-corrected chi connectivity index (χ0v) is 20.4. The van der Waals surface area contributed by atoms with E-state index >= 15 is 0 Å². The number of non-ortho nitro benzene ring substituents is 1. The molecule has 1 saturated carbocycles. The first-order chi connectivity index (χ1) is 18.5. The Labute approximate surface area is 219 Å². The Kier molecular flexibility index (Phi) is 5.83. The van der Waals surface area contributed by atoms with Crippen molar-refractivity contribution in [1.82, 2.24) is 0 Å². The van der Waals surface area contributed by atoms with Crippen LogP contribution in [0, 0.1) is 39.7 Å². The third kappa shape index (κ3) is 3.63. The van der Waals surface area contributed by atoms with Gasteiger partial charge in [0.25, 0.3) is 5.69 Å². The van der Waals surface area contributed by atoms with Crippen molar-refractivity contribution in [2.24, 2.45) is 5.92 Å². The van der Waals surface area contributed by atoms with Gasteiger partial charge in [-0.2, -0.15) is 0 Å². The van der Waals surface area contributed by atoms with E-state index in [0.29, 0.717) is 23.4 Å². The lowest BCUT2D eigenvalue weighted by molar-refractivity contribution is -0.384. The molecule has 38 heavy (non-hydrogen) atoms. The minimum absolute atomic E-state index is 0.0367. The molecule has 9 heteroatoms. The molecule has 0 radical (unpaired) electrons. The van der Waals surface area contributed by atoms with Gasteiger partial charge in [-0.1, -0.05) is 23.7 Å². The Morgan fingerprint density at radius 3 is 2.74 bits per heavy atom. The molecule has 1 amide bonds. The molecule has 2 heterocycles. The lowest BCUT2D eigenvalue weighted by Gasteiger charge is -2.43. The highest BCUT2D eigenvalue weighted by Crippen LogP contribution is 2.72. The van der Waals surface area contributed by atoms with Gasteiger partial charge in [-0.15, -0.1) is 0 Å². The number of carbonyl (C=O) groups excluding carboxylic acids is 1. The van der Waals surface area contributed by atoms with Crippen LogP contribution in [0.25, 0.3) is 0 Å². The van der Waals surface area contributed by atoms with E-state index in [1.807, 2.05) is 6.07 Å². The summed E-state index contributed by atoms with van der Waals surface area (Å²) in [5.74, 6) is 13.2. The predicted molar refractivity (Wildman–Crippen MR) is 136 cm³/mol. The number of carbonyl (C=O) groups is 1. The fourth-order valence-electron chi connectivity index (χ4n) is 5.97. The number of amides is 1. The molecule has 2 aromatic rings. The van der Waals surface area contributed by atoms with Gasteiger partial charge in [0, 0.05) is 17.7 Å². The second-order valence-electron chi connectivity index (χ2n) is 9.58. The van der Waals surface area contributed by atoms with Gasteiger partial charge in [0.1, 0.15) is 36.2 Å². The molecule has 4 bridgehead atoms. The van der Waals surface area contributed by atoms with Crippen LogP contribution in [0.1, 0.15) is 30.4 Å². The van der Waals surface area contributed by atoms with Crippen LogP contribution in [0.3, 0.4) is 0 Å². The molecule has 1 N–H and O–H groups in total. The topological polar surface area (TPSA) is 115 Å². The first kappa shape index (κ1) is 24.1. The number of anilines is 1. The minimum Gasteiger partial charge on any atom is -0.491 e. The first-order valence-electron chi connectivity index (χ1n) is 12.4. The number of epoxide rings is 1. The average Bonchev–Trinajstić information content (AvgIpc) is 3.65. The molecular weight excluding hydrogens is 488 g/mol. The number of nitrogens with zero attached hydrogens (tertiary/aromatic N) is 2. The highest BCUT2D eigenvalue weighted by atomic mass is 16.6. The lowest BCUT2D eigenvalue weighted by Crippen LogP contribution is -2.57. The number of rotatable bonds is 6. The van der Waals surface area contributed by atoms with Gasteiger partial charge >= 0.3 is 6.09 Å². The lowest BCUT2D eigenvalue weighted by atomic mass is 9.64. The maximum absolute atomic E-state index is 13.7. The number of hydrogen-bond acceptors (Lipinski definition) is 7. The Hall–Kier alpha value is -4.31. The molecule has 6 rings (SSSR count). The molecule has 4 aliphatic rings. The Morgan fingerprint density at radius 2 is 1.97 bits per heavy atom. The highest BCUT2D eigenvalue weighted by Gasteiger charge is 2.81. The first-order valence-corrected chi connectivity index (χ1v) is 12.4. The number of nitro benzene ring substituents is 1. The van der Waals surface area contributed by atoms with Crippen molar-refractivity contribution in [2.75, 3.05) is 18.1 Å².